The number of para-hydroxylation sites is 1. The first kappa shape index (κ1) is 17.7. The van der Waals surface area contributed by atoms with Crippen molar-refractivity contribution < 1.29 is 14.4 Å². The van der Waals surface area contributed by atoms with Gasteiger partial charge in [0.1, 0.15) is 0 Å². The lowest BCUT2D eigenvalue weighted by Gasteiger charge is -2.17. The van der Waals surface area contributed by atoms with Gasteiger partial charge in [-0.3, -0.25) is 14.5 Å². The van der Waals surface area contributed by atoms with E-state index in [1.54, 1.807) is 22.8 Å². The van der Waals surface area contributed by atoms with E-state index < -0.39 is 0 Å². The van der Waals surface area contributed by atoms with Crippen molar-refractivity contribution in [1.82, 2.24) is 24.9 Å². The standard InChI is InChI=1S/C18H21N5O3/c1-21(16(24)8-5-9-22-17(25)11-19-18(22)26)12-14-10-20-23(13-14)15-6-3-2-4-7-15/h2-4,6-7,10,13H,5,8-9,11-12H2,1H3,(H,19,26). The molecule has 26 heavy (non-hydrogen) atoms. The van der Waals surface area contributed by atoms with E-state index >= 15 is 0 Å². The lowest BCUT2D eigenvalue weighted by atomic mass is 10.2. The molecule has 1 aromatic carbocycles. The van der Waals surface area contributed by atoms with Crippen LogP contribution in [0, 0.1) is 0 Å². The number of nitrogens with zero attached hydrogens (tertiary/aromatic N) is 4. The monoisotopic (exact) mass is 355 g/mol. The van der Waals surface area contributed by atoms with Crippen LogP contribution in [0.2, 0.25) is 0 Å². The van der Waals surface area contributed by atoms with Crippen LogP contribution in [0.25, 0.3) is 5.69 Å². The minimum atomic E-state index is -0.385. The lowest BCUT2D eigenvalue weighted by Crippen LogP contribution is -2.33. The molecule has 0 aliphatic carbocycles. The number of rotatable bonds is 7. The number of benzene rings is 1. The van der Waals surface area contributed by atoms with Gasteiger partial charge in [0.05, 0.1) is 18.4 Å². The van der Waals surface area contributed by atoms with Crippen molar-refractivity contribution in [3.8, 4) is 5.69 Å². The Morgan fingerprint density at radius 3 is 2.73 bits per heavy atom. The van der Waals surface area contributed by atoms with Gasteiger partial charge in [-0.2, -0.15) is 5.10 Å². The third-order valence-electron chi connectivity index (χ3n) is 4.21. The molecule has 0 radical (unpaired) electrons. The van der Waals surface area contributed by atoms with Gasteiger partial charge in [0.25, 0.3) is 0 Å². The summed E-state index contributed by atoms with van der Waals surface area (Å²) in [5.41, 5.74) is 1.89. The molecule has 2 aromatic rings. The predicted molar refractivity (Wildman–Crippen MR) is 94.4 cm³/mol. The number of hydrogen-bond donors (Lipinski definition) is 1. The fraction of sp³-hybridized carbons (Fsp3) is 0.333. The minimum Gasteiger partial charge on any atom is -0.341 e. The number of urea groups is 1. The molecular formula is C18H21N5O3. The van der Waals surface area contributed by atoms with Gasteiger partial charge in [-0.05, 0) is 18.6 Å². The zero-order valence-electron chi connectivity index (χ0n) is 14.6. The second-order valence-electron chi connectivity index (χ2n) is 6.19. The summed E-state index contributed by atoms with van der Waals surface area (Å²) in [6.07, 6.45) is 4.36. The van der Waals surface area contributed by atoms with Crippen molar-refractivity contribution in [1.29, 1.82) is 0 Å². The maximum absolute atomic E-state index is 12.3. The number of nitrogens with one attached hydrogen (secondary N) is 1. The number of amides is 4. The normalized spacial score (nSPS) is 13.8. The van der Waals surface area contributed by atoms with E-state index in [2.05, 4.69) is 10.4 Å². The van der Waals surface area contributed by atoms with Gasteiger partial charge in [0.2, 0.25) is 11.8 Å². The molecule has 8 nitrogen and oxygen atoms in total. The smallest absolute Gasteiger partial charge is 0.324 e. The molecule has 0 atom stereocenters. The summed E-state index contributed by atoms with van der Waals surface area (Å²) < 4.78 is 1.77. The molecule has 2 heterocycles. The van der Waals surface area contributed by atoms with E-state index in [1.165, 1.54) is 0 Å². The van der Waals surface area contributed by atoms with Crippen LogP contribution in [0.4, 0.5) is 4.79 Å². The van der Waals surface area contributed by atoms with Crippen LogP contribution < -0.4 is 5.32 Å². The summed E-state index contributed by atoms with van der Waals surface area (Å²) >= 11 is 0. The Morgan fingerprint density at radius 2 is 2.04 bits per heavy atom. The Hall–Kier alpha value is -3.16. The summed E-state index contributed by atoms with van der Waals surface area (Å²) in [6, 6.07) is 9.36. The van der Waals surface area contributed by atoms with Crippen molar-refractivity contribution in [3.05, 3.63) is 48.3 Å². The summed E-state index contributed by atoms with van der Waals surface area (Å²) in [4.78, 5) is 38.0. The molecule has 0 saturated carbocycles. The van der Waals surface area contributed by atoms with Crippen molar-refractivity contribution in [2.75, 3.05) is 20.1 Å². The molecule has 1 aromatic heterocycles. The zero-order valence-corrected chi connectivity index (χ0v) is 14.6. The molecule has 1 aliphatic rings. The van der Waals surface area contributed by atoms with E-state index in [0.29, 0.717) is 13.0 Å². The van der Waals surface area contributed by atoms with Gasteiger partial charge in [0, 0.05) is 38.3 Å². The van der Waals surface area contributed by atoms with E-state index in [4.69, 9.17) is 0 Å². The van der Waals surface area contributed by atoms with E-state index in [9.17, 15) is 14.4 Å². The fourth-order valence-corrected chi connectivity index (χ4v) is 2.79. The lowest BCUT2D eigenvalue weighted by molar-refractivity contribution is -0.131. The largest absolute Gasteiger partial charge is 0.341 e. The van der Waals surface area contributed by atoms with Crippen LogP contribution in [0.5, 0.6) is 0 Å². The van der Waals surface area contributed by atoms with Crippen LogP contribution in [0.15, 0.2) is 42.7 Å². The number of imide groups is 1. The summed E-state index contributed by atoms with van der Waals surface area (Å²) in [7, 11) is 1.73. The number of aromatic nitrogens is 2. The highest BCUT2D eigenvalue weighted by molar-refractivity contribution is 6.01. The Balaban J connectivity index is 1.48. The predicted octanol–water partition coefficient (Wildman–Crippen LogP) is 1.16. The molecule has 0 spiro atoms. The van der Waals surface area contributed by atoms with Crippen LogP contribution in [-0.4, -0.2) is 57.6 Å². The second-order valence-corrected chi connectivity index (χ2v) is 6.19. The SMILES string of the molecule is CN(Cc1cnn(-c2ccccc2)c1)C(=O)CCCN1C(=O)CNC1=O. The second kappa shape index (κ2) is 7.81. The Kier molecular flexibility index (Phi) is 5.31. The number of hydrogen-bond acceptors (Lipinski definition) is 4. The molecule has 3 rings (SSSR count). The van der Waals surface area contributed by atoms with Crippen molar-refractivity contribution >= 4 is 17.8 Å². The first-order chi connectivity index (χ1) is 12.5. The maximum Gasteiger partial charge on any atom is 0.324 e. The Labute approximate surface area is 151 Å². The van der Waals surface area contributed by atoms with Gasteiger partial charge in [-0.15, -0.1) is 0 Å². The van der Waals surface area contributed by atoms with Gasteiger partial charge < -0.3 is 10.2 Å². The fourth-order valence-electron chi connectivity index (χ4n) is 2.79. The molecule has 0 bridgehead atoms. The van der Waals surface area contributed by atoms with Crippen molar-refractivity contribution in [2.45, 2.75) is 19.4 Å². The first-order valence-electron chi connectivity index (χ1n) is 8.46. The summed E-state index contributed by atoms with van der Waals surface area (Å²) in [6.45, 7) is 0.753. The number of carbonyl (C=O) groups is 3. The van der Waals surface area contributed by atoms with E-state index in [1.807, 2.05) is 36.5 Å². The Bertz CT molecular complexity index is 786. The highest BCUT2D eigenvalue weighted by Crippen LogP contribution is 2.10. The highest BCUT2D eigenvalue weighted by atomic mass is 16.2. The molecule has 1 fully saturated rings. The summed E-state index contributed by atoms with van der Waals surface area (Å²) in [5, 5.41) is 6.78. The summed E-state index contributed by atoms with van der Waals surface area (Å²) in [5.74, 6) is -0.284. The van der Waals surface area contributed by atoms with Crippen molar-refractivity contribution in [2.24, 2.45) is 0 Å². The molecule has 8 heteroatoms. The average Bonchev–Trinajstić information content (AvgIpc) is 3.23. The topological polar surface area (TPSA) is 87.5 Å². The molecule has 0 unspecified atom stereocenters. The van der Waals surface area contributed by atoms with Gasteiger partial charge >= 0.3 is 6.03 Å². The quantitative estimate of drug-likeness (QED) is 0.755. The van der Waals surface area contributed by atoms with Crippen LogP contribution in [0.3, 0.4) is 0 Å². The first-order valence-corrected chi connectivity index (χ1v) is 8.46. The molecule has 1 saturated heterocycles. The molecular weight excluding hydrogens is 334 g/mol. The third kappa shape index (κ3) is 4.08. The number of carbonyl (C=O) groups excluding carboxylic acids is 3. The van der Waals surface area contributed by atoms with E-state index in [-0.39, 0.29) is 37.4 Å². The van der Waals surface area contributed by atoms with Gasteiger partial charge in [-0.1, -0.05) is 18.2 Å². The molecule has 136 valence electrons. The molecule has 1 aliphatic heterocycles. The maximum atomic E-state index is 12.3. The van der Waals surface area contributed by atoms with Gasteiger partial charge in [0.15, 0.2) is 0 Å². The average molecular weight is 355 g/mol. The van der Waals surface area contributed by atoms with Gasteiger partial charge in [-0.25, -0.2) is 9.48 Å². The van der Waals surface area contributed by atoms with Crippen LogP contribution in [0.1, 0.15) is 18.4 Å². The van der Waals surface area contributed by atoms with Crippen molar-refractivity contribution in [3.63, 3.8) is 0 Å². The minimum absolute atomic E-state index is 0.0375. The van der Waals surface area contributed by atoms with E-state index in [0.717, 1.165) is 16.2 Å². The third-order valence-corrected chi connectivity index (χ3v) is 4.21. The zero-order chi connectivity index (χ0) is 18.5. The van der Waals surface area contributed by atoms with Crippen LogP contribution >= 0.6 is 0 Å². The Morgan fingerprint density at radius 1 is 1.27 bits per heavy atom. The van der Waals surface area contributed by atoms with Crippen LogP contribution in [-0.2, 0) is 16.1 Å². The highest BCUT2D eigenvalue weighted by Gasteiger charge is 2.27. The molecule has 1 N–H and O–H groups in total. The molecule has 4 amide bonds.